The molecule has 0 heterocycles. The summed E-state index contributed by atoms with van der Waals surface area (Å²) in [6, 6.07) is 14.2. The van der Waals surface area contributed by atoms with E-state index in [-0.39, 0.29) is 11.7 Å². The van der Waals surface area contributed by atoms with Gasteiger partial charge in [0, 0.05) is 18.7 Å². The highest BCUT2D eigenvalue weighted by molar-refractivity contribution is 7.91. The lowest BCUT2D eigenvalue weighted by molar-refractivity contribution is 0.0635. The van der Waals surface area contributed by atoms with Crippen LogP contribution in [0.1, 0.15) is 35.4 Å². The Balaban J connectivity index is 1.76. The van der Waals surface area contributed by atoms with Crippen molar-refractivity contribution in [3.63, 3.8) is 0 Å². The minimum absolute atomic E-state index is 0.0498. The van der Waals surface area contributed by atoms with Gasteiger partial charge >= 0.3 is 5.76 Å². The fourth-order valence-electron chi connectivity index (χ4n) is 2.36. The standard InChI is InChI=1S/C19H21F2NO4S/c1-14(15-6-3-2-4-7-15)26-13-5-12-22-18(23)16-8-10-17(11-9-16)27(24,25)19(20)21/h2-4,6-11,14,19H,5,12-13H2,1H3,(H,22,23). The second kappa shape index (κ2) is 9.57. The third kappa shape index (κ3) is 5.83. The van der Waals surface area contributed by atoms with Crippen LogP contribution in [0.25, 0.3) is 0 Å². The normalized spacial score (nSPS) is 12.7. The molecular formula is C19H21F2NO4S. The van der Waals surface area contributed by atoms with Crippen molar-refractivity contribution < 1.29 is 26.7 Å². The zero-order valence-corrected chi connectivity index (χ0v) is 15.6. The Bertz CT molecular complexity index is 840. The molecule has 0 saturated heterocycles. The van der Waals surface area contributed by atoms with Crippen LogP contribution >= 0.6 is 0 Å². The van der Waals surface area contributed by atoms with Gasteiger partial charge in [0.25, 0.3) is 5.91 Å². The summed E-state index contributed by atoms with van der Waals surface area (Å²) in [5.41, 5.74) is 1.27. The monoisotopic (exact) mass is 397 g/mol. The van der Waals surface area contributed by atoms with Crippen molar-refractivity contribution in [2.45, 2.75) is 30.1 Å². The smallest absolute Gasteiger partial charge is 0.341 e. The summed E-state index contributed by atoms with van der Waals surface area (Å²) < 4.78 is 53.4. The average Bonchev–Trinajstić information content (AvgIpc) is 2.68. The van der Waals surface area contributed by atoms with E-state index in [9.17, 15) is 22.0 Å². The second-order valence-electron chi connectivity index (χ2n) is 5.86. The van der Waals surface area contributed by atoms with Gasteiger partial charge in [0.05, 0.1) is 11.0 Å². The van der Waals surface area contributed by atoms with Gasteiger partial charge in [0.2, 0.25) is 9.84 Å². The first kappa shape index (κ1) is 21.0. The van der Waals surface area contributed by atoms with Crippen molar-refractivity contribution in [2.24, 2.45) is 0 Å². The SMILES string of the molecule is CC(OCCCNC(=O)c1ccc(S(=O)(=O)C(F)F)cc1)c1ccccc1. The Morgan fingerprint density at radius 2 is 1.70 bits per heavy atom. The van der Waals surface area contributed by atoms with Crippen molar-refractivity contribution in [2.75, 3.05) is 13.2 Å². The van der Waals surface area contributed by atoms with Gasteiger partial charge in [0.15, 0.2) is 0 Å². The summed E-state index contributed by atoms with van der Waals surface area (Å²) in [6.07, 6.45) is 0.548. The van der Waals surface area contributed by atoms with Crippen LogP contribution in [-0.2, 0) is 14.6 Å². The number of carbonyl (C=O) groups is 1. The molecule has 1 N–H and O–H groups in total. The van der Waals surface area contributed by atoms with Crippen molar-refractivity contribution in [1.82, 2.24) is 5.32 Å². The molecule has 27 heavy (non-hydrogen) atoms. The zero-order valence-electron chi connectivity index (χ0n) is 14.8. The van der Waals surface area contributed by atoms with Crippen LogP contribution in [0.4, 0.5) is 8.78 Å². The first-order valence-corrected chi connectivity index (χ1v) is 9.94. The summed E-state index contributed by atoms with van der Waals surface area (Å²) in [5.74, 6) is -3.90. The Kier molecular flexibility index (Phi) is 7.44. The summed E-state index contributed by atoms with van der Waals surface area (Å²) >= 11 is 0. The van der Waals surface area contributed by atoms with Crippen molar-refractivity contribution in [3.05, 3.63) is 65.7 Å². The van der Waals surface area contributed by atoms with Gasteiger partial charge < -0.3 is 10.1 Å². The maximum atomic E-state index is 12.5. The number of sulfone groups is 1. The lowest BCUT2D eigenvalue weighted by Gasteiger charge is -2.13. The molecule has 1 atom stereocenters. The molecular weight excluding hydrogens is 376 g/mol. The zero-order chi connectivity index (χ0) is 19.9. The van der Waals surface area contributed by atoms with Gasteiger partial charge in [-0.3, -0.25) is 4.79 Å². The first-order valence-electron chi connectivity index (χ1n) is 8.39. The van der Waals surface area contributed by atoms with Gasteiger partial charge in [-0.15, -0.1) is 0 Å². The fourth-order valence-corrected chi connectivity index (χ4v) is 3.08. The van der Waals surface area contributed by atoms with E-state index in [4.69, 9.17) is 4.74 Å². The van der Waals surface area contributed by atoms with E-state index in [1.165, 1.54) is 12.1 Å². The molecule has 0 bridgehead atoms. The molecule has 1 amide bonds. The maximum absolute atomic E-state index is 12.5. The molecule has 1 unspecified atom stereocenters. The van der Waals surface area contributed by atoms with Crippen LogP contribution in [-0.4, -0.2) is 33.2 Å². The summed E-state index contributed by atoms with van der Waals surface area (Å²) in [7, 11) is -4.66. The minimum atomic E-state index is -4.66. The molecule has 2 rings (SSSR count). The molecule has 2 aromatic rings. The Morgan fingerprint density at radius 1 is 1.07 bits per heavy atom. The highest BCUT2D eigenvalue weighted by Gasteiger charge is 2.26. The highest BCUT2D eigenvalue weighted by atomic mass is 32.2. The highest BCUT2D eigenvalue weighted by Crippen LogP contribution is 2.18. The van der Waals surface area contributed by atoms with E-state index in [0.717, 1.165) is 17.7 Å². The number of carbonyl (C=O) groups excluding carboxylic acids is 1. The predicted octanol–water partition coefficient (Wildman–Crippen LogP) is 3.58. The van der Waals surface area contributed by atoms with Crippen LogP contribution in [0.3, 0.4) is 0 Å². The molecule has 0 aliphatic carbocycles. The van der Waals surface area contributed by atoms with Crippen LogP contribution in [0.2, 0.25) is 0 Å². The van der Waals surface area contributed by atoms with E-state index >= 15 is 0 Å². The van der Waals surface area contributed by atoms with Gasteiger partial charge in [-0.05, 0) is 43.2 Å². The summed E-state index contributed by atoms with van der Waals surface area (Å²) in [4.78, 5) is 11.5. The van der Waals surface area contributed by atoms with Gasteiger partial charge in [0.1, 0.15) is 0 Å². The van der Waals surface area contributed by atoms with Crippen molar-refractivity contribution in [1.29, 1.82) is 0 Å². The van der Waals surface area contributed by atoms with Crippen molar-refractivity contribution >= 4 is 15.7 Å². The fraction of sp³-hybridized carbons (Fsp3) is 0.316. The van der Waals surface area contributed by atoms with Crippen LogP contribution < -0.4 is 5.32 Å². The van der Waals surface area contributed by atoms with Gasteiger partial charge in [-0.1, -0.05) is 30.3 Å². The van der Waals surface area contributed by atoms with E-state index in [1.54, 1.807) is 0 Å². The molecule has 0 saturated carbocycles. The number of halogens is 2. The molecule has 0 aliphatic heterocycles. The number of hydrogen-bond acceptors (Lipinski definition) is 4. The minimum Gasteiger partial charge on any atom is -0.374 e. The third-order valence-corrected chi connectivity index (χ3v) is 5.32. The number of ether oxygens (including phenoxy) is 1. The molecule has 146 valence electrons. The number of alkyl halides is 2. The summed E-state index contributed by atoms with van der Waals surface area (Å²) in [6.45, 7) is 2.78. The number of hydrogen-bond donors (Lipinski definition) is 1. The van der Waals surface area contributed by atoms with E-state index in [2.05, 4.69) is 5.32 Å². The van der Waals surface area contributed by atoms with Gasteiger partial charge in [-0.2, -0.15) is 8.78 Å². The predicted molar refractivity (Wildman–Crippen MR) is 97.4 cm³/mol. The Labute approximate surface area is 157 Å². The van der Waals surface area contributed by atoms with Gasteiger partial charge in [-0.25, -0.2) is 8.42 Å². The largest absolute Gasteiger partial charge is 0.374 e. The molecule has 8 heteroatoms. The van der Waals surface area contributed by atoms with Crippen molar-refractivity contribution in [3.8, 4) is 0 Å². The number of nitrogens with one attached hydrogen (secondary N) is 1. The quantitative estimate of drug-likeness (QED) is 0.657. The molecule has 5 nitrogen and oxygen atoms in total. The van der Waals surface area contributed by atoms with E-state index in [0.29, 0.717) is 19.6 Å². The third-order valence-electron chi connectivity index (χ3n) is 3.92. The average molecular weight is 397 g/mol. The lowest BCUT2D eigenvalue weighted by Crippen LogP contribution is -2.25. The maximum Gasteiger partial charge on any atom is 0.341 e. The second-order valence-corrected chi connectivity index (χ2v) is 7.78. The topological polar surface area (TPSA) is 72.5 Å². The van der Waals surface area contributed by atoms with E-state index < -0.39 is 26.4 Å². The lowest BCUT2D eigenvalue weighted by atomic mass is 10.1. The van der Waals surface area contributed by atoms with Crippen LogP contribution in [0.5, 0.6) is 0 Å². The number of rotatable bonds is 9. The van der Waals surface area contributed by atoms with E-state index in [1.807, 2.05) is 37.3 Å². The first-order chi connectivity index (χ1) is 12.8. The molecule has 0 aromatic heterocycles. The summed E-state index contributed by atoms with van der Waals surface area (Å²) in [5, 5.41) is 2.68. The Hall–Kier alpha value is -2.32. The van der Waals surface area contributed by atoms with Crippen LogP contribution in [0.15, 0.2) is 59.5 Å². The molecule has 2 aromatic carbocycles. The Morgan fingerprint density at radius 3 is 2.30 bits per heavy atom. The molecule has 0 radical (unpaired) electrons. The molecule has 0 spiro atoms. The molecule has 0 aliphatic rings. The molecule has 0 fully saturated rings. The number of benzene rings is 2. The van der Waals surface area contributed by atoms with Crippen LogP contribution in [0, 0.1) is 0 Å². The number of amides is 1.